The normalized spacial score (nSPS) is 18.7. The van der Waals surface area contributed by atoms with Crippen LogP contribution in [0.2, 0.25) is 0 Å². The SMILES string of the molecule is C\C1=C/C=C(Cl)\C=C\CCN1C(=O)Nc1ccc(OCCN)c(-c2c(Br)cnn2C)c1. The van der Waals surface area contributed by atoms with Crippen LogP contribution >= 0.6 is 27.5 Å². The standard InChI is InChI=1S/C22H25BrClN5O2/c1-15-6-7-16(24)5-3-4-11-29(15)22(30)27-17-8-9-20(31-12-10-25)18(13-17)21-19(23)14-26-28(21)2/h3,5-9,13-14H,4,10-12,25H2,1-2H3,(H,27,30)/b5-3+,15-6+,16-7+. The lowest BCUT2D eigenvalue weighted by atomic mass is 10.1. The van der Waals surface area contributed by atoms with Crippen LogP contribution in [0.25, 0.3) is 11.3 Å². The molecule has 0 bridgehead atoms. The Hall–Kier alpha value is -2.55. The molecule has 0 spiro atoms. The predicted octanol–water partition coefficient (Wildman–Crippen LogP) is 5.01. The van der Waals surface area contributed by atoms with Gasteiger partial charge in [0, 0.05) is 42.1 Å². The second-order valence-corrected chi connectivity index (χ2v) is 8.24. The molecule has 2 amide bonds. The number of carbonyl (C=O) groups is 1. The molecular weight excluding hydrogens is 482 g/mol. The number of aryl methyl sites for hydroxylation is 1. The first-order valence-corrected chi connectivity index (χ1v) is 11.0. The lowest BCUT2D eigenvalue weighted by Crippen LogP contribution is -2.34. The number of allylic oxidation sites excluding steroid dienone is 5. The van der Waals surface area contributed by atoms with Crippen LogP contribution in [0.5, 0.6) is 5.75 Å². The van der Waals surface area contributed by atoms with Crippen LogP contribution in [0.4, 0.5) is 10.5 Å². The Balaban J connectivity index is 1.90. The molecule has 0 radical (unpaired) electrons. The summed E-state index contributed by atoms with van der Waals surface area (Å²) in [5, 5.41) is 7.90. The van der Waals surface area contributed by atoms with Crippen molar-refractivity contribution in [3.8, 4) is 17.0 Å². The molecule has 1 aliphatic rings. The number of rotatable bonds is 5. The van der Waals surface area contributed by atoms with Crippen molar-refractivity contribution in [1.82, 2.24) is 14.7 Å². The number of anilines is 1. The molecule has 2 heterocycles. The monoisotopic (exact) mass is 505 g/mol. The summed E-state index contributed by atoms with van der Waals surface area (Å²) in [6.45, 7) is 3.21. The highest BCUT2D eigenvalue weighted by molar-refractivity contribution is 9.10. The van der Waals surface area contributed by atoms with Crippen LogP contribution in [-0.2, 0) is 7.05 Å². The van der Waals surface area contributed by atoms with Gasteiger partial charge in [0.05, 0.1) is 16.4 Å². The number of halogens is 2. The Morgan fingerprint density at radius 1 is 1.39 bits per heavy atom. The van der Waals surface area contributed by atoms with Gasteiger partial charge in [0.15, 0.2) is 0 Å². The van der Waals surface area contributed by atoms with Crippen LogP contribution < -0.4 is 15.8 Å². The van der Waals surface area contributed by atoms with Crippen molar-refractivity contribution in [1.29, 1.82) is 0 Å². The number of hydrogen-bond acceptors (Lipinski definition) is 4. The fraction of sp³-hybridized carbons (Fsp3) is 0.273. The Labute approximate surface area is 195 Å². The second-order valence-electron chi connectivity index (χ2n) is 6.95. The third-order valence-corrected chi connectivity index (χ3v) is 5.54. The Bertz CT molecular complexity index is 1030. The van der Waals surface area contributed by atoms with E-state index < -0.39 is 0 Å². The summed E-state index contributed by atoms with van der Waals surface area (Å²) in [7, 11) is 1.85. The molecule has 0 unspecified atom stereocenters. The molecule has 1 aromatic heterocycles. The van der Waals surface area contributed by atoms with Gasteiger partial charge in [0.2, 0.25) is 0 Å². The van der Waals surface area contributed by atoms with Crippen LogP contribution in [0, 0.1) is 0 Å². The Morgan fingerprint density at radius 3 is 2.90 bits per heavy atom. The minimum Gasteiger partial charge on any atom is -0.492 e. The highest BCUT2D eigenvalue weighted by atomic mass is 79.9. The number of benzene rings is 1. The van der Waals surface area contributed by atoms with Crippen molar-refractivity contribution >= 4 is 39.2 Å². The number of hydrogen-bond donors (Lipinski definition) is 2. The fourth-order valence-corrected chi connectivity index (χ4v) is 3.89. The summed E-state index contributed by atoms with van der Waals surface area (Å²) in [4.78, 5) is 14.7. The molecular formula is C22H25BrClN5O2. The van der Waals surface area contributed by atoms with Gasteiger partial charge in [-0.3, -0.25) is 9.58 Å². The first-order valence-electron chi connectivity index (χ1n) is 9.84. The number of urea groups is 1. The van der Waals surface area contributed by atoms with E-state index in [9.17, 15) is 4.79 Å². The van der Waals surface area contributed by atoms with E-state index in [2.05, 4.69) is 26.3 Å². The van der Waals surface area contributed by atoms with Gasteiger partial charge < -0.3 is 15.8 Å². The molecule has 2 aromatic rings. The highest BCUT2D eigenvalue weighted by Gasteiger charge is 2.19. The molecule has 0 saturated carbocycles. The number of ether oxygens (including phenoxy) is 1. The maximum atomic E-state index is 13.0. The second kappa shape index (κ2) is 10.7. The topological polar surface area (TPSA) is 85.4 Å². The molecule has 0 fully saturated rings. The van der Waals surface area contributed by atoms with Gasteiger partial charge in [-0.2, -0.15) is 5.10 Å². The molecule has 31 heavy (non-hydrogen) atoms. The third kappa shape index (κ3) is 5.78. The van der Waals surface area contributed by atoms with E-state index in [1.54, 1.807) is 21.9 Å². The number of nitrogens with zero attached hydrogens (tertiary/aromatic N) is 3. The van der Waals surface area contributed by atoms with E-state index >= 15 is 0 Å². The summed E-state index contributed by atoms with van der Waals surface area (Å²) in [5.41, 5.74) is 8.69. The summed E-state index contributed by atoms with van der Waals surface area (Å²) in [6.07, 6.45) is 9.82. The molecule has 164 valence electrons. The first-order chi connectivity index (χ1) is 14.9. The molecule has 3 rings (SSSR count). The van der Waals surface area contributed by atoms with Crippen molar-refractivity contribution in [2.24, 2.45) is 12.8 Å². The largest absolute Gasteiger partial charge is 0.492 e. The zero-order valence-corrected chi connectivity index (χ0v) is 19.8. The average molecular weight is 507 g/mol. The van der Waals surface area contributed by atoms with Crippen molar-refractivity contribution in [3.63, 3.8) is 0 Å². The molecule has 3 N–H and O–H groups in total. The average Bonchev–Trinajstić information content (AvgIpc) is 3.11. The lowest BCUT2D eigenvalue weighted by Gasteiger charge is -2.23. The van der Waals surface area contributed by atoms with Gasteiger partial charge in [-0.25, -0.2) is 4.79 Å². The highest BCUT2D eigenvalue weighted by Crippen LogP contribution is 2.36. The smallest absolute Gasteiger partial charge is 0.326 e. The van der Waals surface area contributed by atoms with E-state index in [0.717, 1.165) is 21.4 Å². The van der Waals surface area contributed by atoms with E-state index in [1.165, 1.54) is 0 Å². The zero-order chi connectivity index (χ0) is 22.4. The fourth-order valence-electron chi connectivity index (χ4n) is 3.18. The van der Waals surface area contributed by atoms with Gasteiger partial charge in [-0.15, -0.1) is 0 Å². The van der Waals surface area contributed by atoms with Crippen molar-refractivity contribution in [3.05, 3.63) is 63.9 Å². The maximum absolute atomic E-state index is 13.0. The van der Waals surface area contributed by atoms with E-state index in [4.69, 9.17) is 22.1 Å². The van der Waals surface area contributed by atoms with Gasteiger partial charge in [0.1, 0.15) is 12.4 Å². The van der Waals surface area contributed by atoms with E-state index in [-0.39, 0.29) is 6.03 Å². The predicted molar refractivity (Wildman–Crippen MR) is 128 cm³/mol. The summed E-state index contributed by atoms with van der Waals surface area (Å²) >= 11 is 9.65. The van der Waals surface area contributed by atoms with Gasteiger partial charge in [0.25, 0.3) is 0 Å². The van der Waals surface area contributed by atoms with Gasteiger partial charge in [-0.1, -0.05) is 17.7 Å². The van der Waals surface area contributed by atoms with Crippen molar-refractivity contribution < 1.29 is 9.53 Å². The minimum absolute atomic E-state index is 0.223. The van der Waals surface area contributed by atoms with Crippen LogP contribution in [0.15, 0.2) is 63.9 Å². The summed E-state index contributed by atoms with van der Waals surface area (Å²) < 4.78 is 8.39. The van der Waals surface area contributed by atoms with E-state index in [1.807, 2.05) is 50.4 Å². The quantitative estimate of drug-likeness (QED) is 0.597. The van der Waals surface area contributed by atoms with Crippen LogP contribution in [-0.4, -0.2) is 40.4 Å². The summed E-state index contributed by atoms with van der Waals surface area (Å²) in [6, 6.07) is 5.28. The number of nitrogens with two attached hydrogens (primary N) is 1. The molecule has 9 heteroatoms. The van der Waals surface area contributed by atoms with Crippen molar-refractivity contribution in [2.45, 2.75) is 13.3 Å². The Kier molecular flexibility index (Phi) is 7.95. The van der Waals surface area contributed by atoms with Gasteiger partial charge in [-0.05, 0) is 65.7 Å². The van der Waals surface area contributed by atoms with Crippen LogP contribution in [0.3, 0.4) is 0 Å². The van der Waals surface area contributed by atoms with E-state index in [0.29, 0.717) is 42.6 Å². The number of nitrogens with one attached hydrogen (secondary N) is 1. The molecule has 1 aromatic carbocycles. The maximum Gasteiger partial charge on any atom is 0.326 e. The Morgan fingerprint density at radius 2 is 2.19 bits per heavy atom. The number of carbonyl (C=O) groups excluding carboxylic acids is 1. The van der Waals surface area contributed by atoms with Crippen molar-refractivity contribution in [2.75, 3.05) is 25.0 Å². The van der Waals surface area contributed by atoms with Crippen LogP contribution in [0.1, 0.15) is 13.3 Å². The van der Waals surface area contributed by atoms with Gasteiger partial charge >= 0.3 is 6.03 Å². The molecule has 7 nitrogen and oxygen atoms in total. The lowest BCUT2D eigenvalue weighted by molar-refractivity contribution is 0.225. The number of aromatic nitrogens is 2. The number of amides is 2. The molecule has 0 aliphatic carbocycles. The molecule has 1 aliphatic heterocycles. The zero-order valence-electron chi connectivity index (χ0n) is 17.4. The summed E-state index contributed by atoms with van der Waals surface area (Å²) in [5.74, 6) is 0.663. The minimum atomic E-state index is -0.223. The molecule has 0 atom stereocenters. The molecule has 0 saturated heterocycles. The third-order valence-electron chi connectivity index (χ3n) is 4.71. The first kappa shape index (κ1) is 23.1.